The zero-order valence-electron chi connectivity index (χ0n) is 15.0. The van der Waals surface area contributed by atoms with Crippen molar-refractivity contribution >= 4 is 38.6 Å². The molecule has 0 radical (unpaired) electrons. The van der Waals surface area contributed by atoms with Crippen LogP contribution in [0.1, 0.15) is 5.56 Å². The van der Waals surface area contributed by atoms with Gasteiger partial charge in [0.05, 0.1) is 33.2 Å². The number of nitrogens with zero attached hydrogens (tertiary/aromatic N) is 2. The molecule has 0 aliphatic rings. The van der Waals surface area contributed by atoms with Gasteiger partial charge in [-0.05, 0) is 24.3 Å². The fourth-order valence-electron chi connectivity index (χ4n) is 2.52. The van der Waals surface area contributed by atoms with Crippen molar-refractivity contribution < 1.29 is 14.2 Å². The number of halogens is 1. The van der Waals surface area contributed by atoms with E-state index in [1.54, 1.807) is 27.5 Å². The maximum absolute atomic E-state index is 5.42. The van der Waals surface area contributed by atoms with Gasteiger partial charge in [-0.1, -0.05) is 28.1 Å². The van der Waals surface area contributed by atoms with Crippen molar-refractivity contribution in [3.63, 3.8) is 0 Å². The standard InChI is InChI=1S/C19H18BrN3O3S/c1-24-16-7-5-4-6-14(16)15-11-27-19(22-15)23-21-10-12-8-13(20)9-17(25-2)18(12)26-3/h4-11H,1-3H3,(H,22,23)/b21-10-. The van der Waals surface area contributed by atoms with Gasteiger partial charge in [0, 0.05) is 21.0 Å². The van der Waals surface area contributed by atoms with Crippen LogP contribution in [0.5, 0.6) is 17.2 Å². The van der Waals surface area contributed by atoms with E-state index in [-0.39, 0.29) is 0 Å². The molecule has 0 aliphatic carbocycles. The van der Waals surface area contributed by atoms with E-state index < -0.39 is 0 Å². The molecule has 1 heterocycles. The second-order valence-electron chi connectivity index (χ2n) is 5.34. The van der Waals surface area contributed by atoms with Gasteiger partial charge >= 0.3 is 0 Å². The number of ether oxygens (including phenoxy) is 3. The van der Waals surface area contributed by atoms with Crippen LogP contribution in [0.25, 0.3) is 11.3 Å². The molecule has 0 bridgehead atoms. The highest BCUT2D eigenvalue weighted by atomic mass is 79.9. The summed E-state index contributed by atoms with van der Waals surface area (Å²) >= 11 is 4.92. The summed E-state index contributed by atoms with van der Waals surface area (Å²) in [6.45, 7) is 0. The first-order valence-corrected chi connectivity index (χ1v) is 9.63. The average Bonchev–Trinajstić information content (AvgIpc) is 3.16. The first-order chi connectivity index (χ1) is 13.2. The molecule has 0 spiro atoms. The van der Waals surface area contributed by atoms with Crippen LogP contribution in [0.15, 0.2) is 51.4 Å². The van der Waals surface area contributed by atoms with Gasteiger partial charge in [-0.25, -0.2) is 4.98 Å². The minimum atomic E-state index is 0.611. The summed E-state index contributed by atoms with van der Waals surface area (Å²) in [6.07, 6.45) is 1.66. The Hall–Kier alpha value is -2.58. The quantitative estimate of drug-likeness (QED) is 0.405. The summed E-state index contributed by atoms with van der Waals surface area (Å²) < 4.78 is 17.0. The predicted molar refractivity (Wildman–Crippen MR) is 113 cm³/mol. The van der Waals surface area contributed by atoms with E-state index in [1.807, 2.05) is 41.8 Å². The second-order valence-corrected chi connectivity index (χ2v) is 7.11. The Morgan fingerprint density at radius 3 is 2.59 bits per heavy atom. The van der Waals surface area contributed by atoms with E-state index in [4.69, 9.17) is 14.2 Å². The molecule has 8 heteroatoms. The van der Waals surface area contributed by atoms with Crippen LogP contribution in [-0.2, 0) is 0 Å². The highest BCUT2D eigenvalue weighted by molar-refractivity contribution is 9.10. The number of methoxy groups -OCH3 is 3. The SMILES string of the molecule is COc1ccccc1-c1csc(N/N=C\c2cc(Br)cc(OC)c2OC)n1. The Balaban J connectivity index is 1.79. The normalized spacial score (nSPS) is 10.8. The summed E-state index contributed by atoms with van der Waals surface area (Å²) in [5.74, 6) is 2.02. The maximum Gasteiger partial charge on any atom is 0.203 e. The molecule has 0 unspecified atom stereocenters. The van der Waals surface area contributed by atoms with E-state index in [0.29, 0.717) is 16.6 Å². The van der Waals surface area contributed by atoms with Crippen LogP contribution in [0.2, 0.25) is 0 Å². The lowest BCUT2D eigenvalue weighted by Gasteiger charge is -2.10. The Morgan fingerprint density at radius 2 is 1.85 bits per heavy atom. The smallest absolute Gasteiger partial charge is 0.203 e. The molecule has 3 aromatic rings. The summed E-state index contributed by atoms with van der Waals surface area (Å²) in [6, 6.07) is 11.5. The van der Waals surface area contributed by atoms with Crippen LogP contribution in [0.3, 0.4) is 0 Å². The number of benzene rings is 2. The summed E-state index contributed by atoms with van der Waals surface area (Å²) in [5.41, 5.74) is 5.50. The third-order valence-corrected chi connectivity index (χ3v) is 4.93. The van der Waals surface area contributed by atoms with Gasteiger partial charge in [0.1, 0.15) is 5.75 Å². The molecule has 0 aliphatic heterocycles. The van der Waals surface area contributed by atoms with Gasteiger partial charge in [0.15, 0.2) is 11.5 Å². The summed E-state index contributed by atoms with van der Waals surface area (Å²) in [7, 11) is 4.84. The van der Waals surface area contributed by atoms with Gasteiger partial charge in [-0.2, -0.15) is 5.10 Å². The van der Waals surface area contributed by atoms with Crippen molar-refractivity contribution in [3.05, 3.63) is 51.8 Å². The average molecular weight is 448 g/mol. The number of para-hydroxylation sites is 1. The van der Waals surface area contributed by atoms with E-state index in [9.17, 15) is 0 Å². The molecule has 140 valence electrons. The zero-order valence-corrected chi connectivity index (χ0v) is 17.4. The largest absolute Gasteiger partial charge is 0.496 e. The molecule has 3 rings (SSSR count). The van der Waals surface area contributed by atoms with Gasteiger partial charge in [-0.3, -0.25) is 5.43 Å². The Morgan fingerprint density at radius 1 is 1.07 bits per heavy atom. The van der Waals surface area contributed by atoms with Gasteiger partial charge in [0.2, 0.25) is 5.13 Å². The molecule has 2 aromatic carbocycles. The minimum absolute atomic E-state index is 0.611. The molecule has 0 atom stereocenters. The number of hydrogen-bond acceptors (Lipinski definition) is 7. The van der Waals surface area contributed by atoms with Crippen molar-refractivity contribution in [2.45, 2.75) is 0 Å². The van der Waals surface area contributed by atoms with Gasteiger partial charge < -0.3 is 14.2 Å². The molecule has 0 fully saturated rings. The molecular weight excluding hydrogens is 430 g/mol. The molecular formula is C19H18BrN3O3S. The first-order valence-electron chi connectivity index (χ1n) is 7.95. The van der Waals surface area contributed by atoms with E-state index >= 15 is 0 Å². The fourth-order valence-corrected chi connectivity index (χ4v) is 3.63. The van der Waals surface area contributed by atoms with E-state index in [2.05, 4.69) is 31.4 Å². The molecule has 1 aromatic heterocycles. The van der Waals surface area contributed by atoms with Crippen molar-refractivity contribution in [2.75, 3.05) is 26.8 Å². The fraction of sp³-hybridized carbons (Fsp3) is 0.158. The molecule has 1 N–H and O–H groups in total. The minimum Gasteiger partial charge on any atom is -0.496 e. The van der Waals surface area contributed by atoms with Crippen LogP contribution in [-0.4, -0.2) is 32.5 Å². The van der Waals surface area contributed by atoms with Crippen molar-refractivity contribution in [1.82, 2.24) is 4.98 Å². The maximum atomic E-state index is 5.42. The van der Waals surface area contributed by atoms with Crippen molar-refractivity contribution in [3.8, 4) is 28.5 Å². The number of thiazole rings is 1. The van der Waals surface area contributed by atoms with E-state index in [0.717, 1.165) is 27.0 Å². The van der Waals surface area contributed by atoms with E-state index in [1.165, 1.54) is 11.3 Å². The zero-order chi connectivity index (χ0) is 19.2. The topological polar surface area (TPSA) is 65.0 Å². The van der Waals surface area contributed by atoms with Gasteiger partial charge in [-0.15, -0.1) is 11.3 Å². The Labute approximate surface area is 169 Å². The monoisotopic (exact) mass is 447 g/mol. The Bertz CT molecular complexity index is 959. The molecule has 0 saturated heterocycles. The predicted octanol–water partition coefficient (Wildman–Crippen LogP) is 5.04. The van der Waals surface area contributed by atoms with Crippen molar-refractivity contribution in [2.24, 2.45) is 5.10 Å². The number of aromatic nitrogens is 1. The van der Waals surface area contributed by atoms with Crippen LogP contribution in [0, 0.1) is 0 Å². The highest BCUT2D eigenvalue weighted by Gasteiger charge is 2.11. The third-order valence-electron chi connectivity index (χ3n) is 3.72. The lowest BCUT2D eigenvalue weighted by Crippen LogP contribution is -1.97. The number of nitrogens with one attached hydrogen (secondary N) is 1. The number of anilines is 1. The molecule has 6 nitrogen and oxygen atoms in total. The summed E-state index contributed by atoms with van der Waals surface area (Å²) in [4.78, 5) is 4.56. The first kappa shape index (κ1) is 19.2. The molecule has 0 amide bonds. The second kappa shape index (κ2) is 8.88. The molecule has 27 heavy (non-hydrogen) atoms. The van der Waals surface area contributed by atoms with Crippen LogP contribution < -0.4 is 19.6 Å². The van der Waals surface area contributed by atoms with Crippen LogP contribution >= 0.6 is 27.3 Å². The summed E-state index contributed by atoms with van der Waals surface area (Å²) in [5, 5.41) is 6.90. The van der Waals surface area contributed by atoms with Gasteiger partial charge in [0.25, 0.3) is 0 Å². The number of rotatable bonds is 7. The van der Waals surface area contributed by atoms with Crippen molar-refractivity contribution in [1.29, 1.82) is 0 Å². The number of hydrazone groups is 1. The molecule has 0 saturated carbocycles. The number of hydrogen-bond donors (Lipinski definition) is 1. The third kappa shape index (κ3) is 4.40. The lowest BCUT2D eigenvalue weighted by molar-refractivity contribution is 0.354. The highest BCUT2D eigenvalue weighted by Crippen LogP contribution is 2.34. The van der Waals surface area contributed by atoms with Crippen LogP contribution in [0.4, 0.5) is 5.13 Å². The Kier molecular flexibility index (Phi) is 6.31. The lowest BCUT2D eigenvalue weighted by atomic mass is 10.1.